The number of hydrogen-bond acceptors (Lipinski definition) is 2. The van der Waals surface area contributed by atoms with Gasteiger partial charge in [-0.05, 0) is 44.2 Å². The molecule has 1 atom stereocenters. The smallest absolute Gasteiger partial charge is 0.255 e. The number of amides is 1. The van der Waals surface area contributed by atoms with Crippen molar-refractivity contribution in [2.45, 2.75) is 39.0 Å². The fourth-order valence-corrected chi connectivity index (χ4v) is 3.12. The Kier molecular flexibility index (Phi) is 5.99. The van der Waals surface area contributed by atoms with E-state index in [0.29, 0.717) is 6.54 Å². The van der Waals surface area contributed by atoms with Crippen LogP contribution >= 0.6 is 12.4 Å². The SMILES string of the molecule is CCCN(CC(F)F)C(=O)C1CC12CCNCC2.Cl. The van der Waals surface area contributed by atoms with Gasteiger partial charge in [-0.15, -0.1) is 12.4 Å². The van der Waals surface area contributed by atoms with Crippen molar-refractivity contribution in [1.29, 1.82) is 0 Å². The van der Waals surface area contributed by atoms with Gasteiger partial charge in [0.05, 0.1) is 6.54 Å². The Hall–Kier alpha value is -0.420. The molecule has 1 saturated carbocycles. The van der Waals surface area contributed by atoms with E-state index in [9.17, 15) is 13.6 Å². The molecule has 1 spiro atoms. The van der Waals surface area contributed by atoms with Gasteiger partial charge in [0.2, 0.25) is 5.91 Å². The second kappa shape index (κ2) is 6.84. The first-order chi connectivity index (χ1) is 8.59. The van der Waals surface area contributed by atoms with Crippen LogP contribution in [0.4, 0.5) is 8.78 Å². The quantitative estimate of drug-likeness (QED) is 0.844. The molecule has 19 heavy (non-hydrogen) atoms. The van der Waals surface area contributed by atoms with E-state index >= 15 is 0 Å². The van der Waals surface area contributed by atoms with Crippen LogP contribution in [0, 0.1) is 11.3 Å². The molecule has 1 unspecified atom stereocenters. The van der Waals surface area contributed by atoms with Crippen LogP contribution in [0.2, 0.25) is 0 Å². The molecule has 2 fully saturated rings. The molecule has 0 bridgehead atoms. The lowest BCUT2D eigenvalue weighted by atomic mass is 9.91. The minimum absolute atomic E-state index is 0. The van der Waals surface area contributed by atoms with Crippen LogP contribution < -0.4 is 5.32 Å². The normalized spacial score (nSPS) is 24.1. The summed E-state index contributed by atoms with van der Waals surface area (Å²) in [5.41, 5.74) is 0.135. The van der Waals surface area contributed by atoms with Crippen LogP contribution in [0.15, 0.2) is 0 Å². The Morgan fingerprint density at radius 3 is 2.58 bits per heavy atom. The average Bonchev–Trinajstić information content (AvgIpc) is 3.02. The summed E-state index contributed by atoms with van der Waals surface area (Å²) in [7, 11) is 0. The van der Waals surface area contributed by atoms with E-state index in [0.717, 1.165) is 38.8 Å². The molecular weight excluding hydrogens is 274 g/mol. The van der Waals surface area contributed by atoms with Gasteiger partial charge in [0.15, 0.2) is 0 Å². The second-order valence-corrected chi connectivity index (χ2v) is 5.54. The van der Waals surface area contributed by atoms with Crippen LogP contribution in [0.5, 0.6) is 0 Å². The molecule has 2 aliphatic rings. The number of rotatable bonds is 5. The molecule has 1 heterocycles. The monoisotopic (exact) mass is 296 g/mol. The lowest BCUT2D eigenvalue weighted by Gasteiger charge is -2.26. The highest BCUT2D eigenvalue weighted by Crippen LogP contribution is 2.59. The van der Waals surface area contributed by atoms with Gasteiger partial charge in [-0.3, -0.25) is 4.79 Å². The van der Waals surface area contributed by atoms with Crippen molar-refractivity contribution in [3.8, 4) is 0 Å². The number of nitrogens with zero attached hydrogens (tertiary/aromatic N) is 1. The van der Waals surface area contributed by atoms with Crippen molar-refractivity contribution in [1.82, 2.24) is 10.2 Å². The zero-order valence-corrected chi connectivity index (χ0v) is 12.1. The van der Waals surface area contributed by atoms with Gasteiger partial charge in [-0.2, -0.15) is 0 Å². The number of halogens is 3. The standard InChI is InChI=1S/C13H22F2N2O.ClH/c1-2-7-17(9-11(14)15)12(18)10-8-13(10)3-5-16-6-4-13;/h10-11,16H,2-9H2,1H3;1H. The maximum absolute atomic E-state index is 12.5. The Morgan fingerprint density at radius 1 is 1.42 bits per heavy atom. The molecule has 1 N–H and O–H groups in total. The number of carbonyl (C=O) groups excluding carboxylic acids is 1. The van der Waals surface area contributed by atoms with E-state index in [-0.39, 0.29) is 29.6 Å². The second-order valence-electron chi connectivity index (χ2n) is 5.54. The van der Waals surface area contributed by atoms with Crippen LogP contribution in [-0.2, 0) is 4.79 Å². The highest BCUT2D eigenvalue weighted by Gasteiger charge is 2.58. The molecule has 6 heteroatoms. The summed E-state index contributed by atoms with van der Waals surface area (Å²) in [6.07, 6.45) is 1.23. The third-order valence-electron chi connectivity index (χ3n) is 4.25. The highest BCUT2D eigenvalue weighted by molar-refractivity contribution is 5.85. The molecule has 0 aromatic heterocycles. The lowest BCUT2D eigenvalue weighted by molar-refractivity contribution is -0.135. The Labute approximate surface area is 119 Å². The van der Waals surface area contributed by atoms with Gasteiger partial charge in [0, 0.05) is 12.5 Å². The number of nitrogens with one attached hydrogen (secondary N) is 1. The lowest BCUT2D eigenvalue weighted by Crippen LogP contribution is -2.39. The summed E-state index contributed by atoms with van der Waals surface area (Å²) < 4.78 is 25.0. The van der Waals surface area contributed by atoms with Crippen LogP contribution in [0.1, 0.15) is 32.6 Å². The summed E-state index contributed by atoms with van der Waals surface area (Å²) in [4.78, 5) is 13.6. The van der Waals surface area contributed by atoms with Crippen molar-refractivity contribution < 1.29 is 13.6 Å². The molecule has 1 saturated heterocycles. The van der Waals surface area contributed by atoms with Gasteiger partial charge < -0.3 is 10.2 Å². The van der Waals surface area contributed by atoms with Crippen LogP contribution in [-0.4, -0.2) is 43.4 Å². The van der Waals surface area contributed by atoms with E-state index in [2.05, 4.69) is 5.32 Å². The fourth-order valence-electron chi connectivity index (χ4n) is 3.12. The summed E-state index contributed by atoms with van der Waals surface area (Å²) in [6.45, 7) is 3.86. The minimum atomic E-state index is -2.43. The number of alkyl halides is 2. The van der Waals surface area contributed by atoms with E-state index in [1.165, 1.54) is 4.90 Å². The third kappa shape index (κ3) is 3.78. The van der Waals surface area contributed by atoms with Crippen molar-refractivity contribution in [2.75, 3.05) is 26.2 Å². The third-order valence-corrected chi connectivity index (χ3v) is 4.25. The zero-order valence-electron chi connectivity index (χ0n) is 11.3. The number of piperidine rings is 1. The van der Waals surface area contributed by atoms with Gasteiger partial charge in [-0.1, -0.05) is 6.92 Å². The molecule has 0 radical (unpaired) electrons. The summed E-state index contributed by atoms with van der Waals surface area (Å²) >= 11 is 0. The predicted octanol–water partition coefficient (Wildman–Crippen LogP) is 2.30. The Morgan fingerprint density at radius 2 is 2.05 bits per heavy atom. The van der Waals surface area contributed by atoms with Gasteiger partial charge >= 0.3 is 0 Å². The van der Waals surface area contributed by atoms with Gasteiger partial charge in [-0.25, -0.2) is 8.78 Å². The van der Waals surface area contributed by atoms with E-state index in [1.807, 2.05) is 6.92 Å². The Bertz CT molecular complexity index is 309. The summed E-state index contributed by atoms with van der Waals surface area (Å²) in [6, 6.07) is 0. The van der Waals surface area contributed by atoms with Gasteiger partial charge in [0.1, 0.15) is 0 Å². The molecular formula is C13H23ClF2N2O. The van der Waals surface area contributed by atoms with Crippen molar-refractivity contribution in [3.63, 3.8) is 0 Å². The highest BCUT2D eigenvalue weighted by atomic mass is 35.5. The molecule has 1 amide bonds. The van der Waals surface area contributed by atoms with E-state index < -0.39 is 13.0 Å². The van der Waals surface area contributed by atoms with E-state index in [1.54, 1.807) is 0 Å². The molecule has 2 rings (SSSR count). The summed E-state index contributed by atoms with van der Waals surface area (Å²) in [5.74, 6) is -0.0380. The molecule has 1 aliphatic carbocycles. The molecule has 0 aromatic carbocycles. The molecule has 1 aliphatic heterocycles. The number of carbonyl (C=O) groups is 1. The average molecular weight is 297 g/mol. The fraction of sp³-hybridized carbons (Fsp3) is 0.923. The van der Waals surface area contributed by atoms with Gasteiger partial charge in [0.25, 0.3) is 6.43 Å². The van der Waals surface area contributed by atoms with Crippen molar-refractivity contribution >= 4 is 18.3 Å². The molecule has 112 valence electrons. The first kappa shape index (κ1) is 16.6. The van der Waals surface area contributed by atoms with Crippen LogP contribution in [0.25, 0.3) is 0 Å². The largest absolute Gasteiger partial charge is 0.337 e. The van der Waals surface area contributed by atoms with Crippen molar-refractivity contribution in [2.24, 2.45) is 11.3 Å². The minimum Gasteiger partial charge on any atom is -0.337 e. The topological polar surface area (TPSA) is 32.3 Å². The Balaban J connectivity index is 0.00000180. The zero-order chi connectivity index (χ0) is 13.2. The number of hydrogen-bond donors (Lipinski definition) is 1. The summed E-state index contributed by atoms with van der Waals surface area (Å²) in [5, 5.41) is 3.28. The maximum Gasteiger partial charge on any atom is 0.255 e. The molecule has 3 nitrogen and oxygen atoms in total. The van der Waals surface area contributed by atoms with E-state index in [4.69, 9.17) is 0 Å². The maximum atomic E-state index is 12.5. The predicted molar refractivity (Wildman–Crippen MR) is 72.8 cm³/mol. The first-order valence-corrected chi connectivity index (χ1v) is 6.87. The van der Waals surface area contributed by atoms with Crippen LogP contribution in [0.3, 0.4) is 0 Å². The van der Waals surface area contributed by atoms with Crippen molar-refractivity contribution in [3.05, 3.63) is 0 Å². The molecule has 0 aromatic rings. The first-order valence-electron chi connectivity index (χ1n) is 6.87.